The molecule has 152 valence electrons. The molecule has 0 aromatic heterocycles. The summed E-state index contributed by atoms with van der Waals surface area (Å²) in [6.07, 6.45) is 0.0420. The van der Waals surface area contributed by atoms with Gasteiger partial charge in [0.15, 0.2) is 15.0 Å². The molecule has 4 rings (SSSR count). The fourth-order valence-corrected chi connectivity index (χ4v) is 7.70. The number of halogens is 2. The van der Waals surface area contributed by atoms with Gasteiger partial charge in [0.2, 0.25) is 0 Å². The summed E-state index contributed by atoms with van der Waals surface area (Å²) in [5.74, 6) is -0.659. The molecule has 0 aliphatic carbocycles. The molecule has 2 unspecified atom stereocenters. The number of anilines is 1. The normalized spacial score (nSPS) is 24.1. The second-order valence-electron chi connectivity index (χ2n) is 7.19. The maximum Gasteiger partial charge on any atom is 0.252 e. The number of rotatable bonds is 3. The first-order valence-electron chi connectivity index (χ1n) is 9.00. The highest BCUT2D eigenvalue weighted by Gasteiger charge is 2.49. The van der Waals surface area contributed by atoms with Gasteiger partial charge in [0.1, 0.15) is 5.82 Å². The van der Waals surface area contributed by atoms with Crippen LogP contribution in [0.1, 0.15) is 11.1 Å². The van der Waals surface area contributed by atoms with Crippen LogP contribution in [0.25, 0.3) is 0 Å². The second-order valence-corrected chi connectivity index (χ2v) is 11.0. The number of amidine groups is 1. The topological polar surface area (TPSA) is 66.8 Å². The number of carbonyl (C=O) groups is 1. The SMILES string of the molecule is Cc1ccc(Cl)cc1N1C(=NC(=O)Cc2ccc(F)cc2)SC2CS(=O)(=O)CC21. The molecule has 2 fully saturated rings. The Morgan fingerprint density at radius 3 is 2.69 bits per heavy atom. The molecular weight excluding hydrogens is 435 g/mol. The number of nitrogens with zero attached hydrogens (tertiary/aromatic N) is 2. The van der Waals surface area contributed by atoms with Crippen molar-refractivity contribution >= 4 is 50.0 Å². The molecular formula is C20H18ClFN2O3S2. The monoisotopic (exact) mass is 452 g/mol. The Bertz CT molecular complexity index is 1100. The summed E-state index contributed by atoms with van der Waals surface area (Å²) in [7, 11) is -3.14. The van der Waals surface area contributed by atoms with Gasteiger partial charge in [0, 0.05) is 16.0 Å². The summed E-state index contributed by atoms with van der Waals surface area (Å²) >= 11 is 7.49. The maximum absolute atomic E-state index is 13.1. The average Bonchev–Trinajstić information content (AvgIpc) is 3.10. The number of carbonyl (C=O) groups excluding carboxylic acids is 1. The Morgan fingerprint density at radius 1 is 1.24 bits per heavy atom. The van der Waals surface area contributed by atoms with Gasteiger partial charge in [-0.05, 0) is 42.3 Å². The predicted octanol–water partition coefficient (Wildman–Crippen LogP) is 3.63. The molecule has 5 nitrogen and oxygen atoms in total. The lowest BCUT2D eigenvalue weighted by Crippen LogP contribution is -2.38. The molecule has 0 saturated carbocycles. The number of sulfone groups is 1. The van der Waals surface area contributed by atoms with Crippen LogP contribution in [0.3, 0.4) is 0 Å². The second kappa shape index (κ2) is 7.74. The van der Waals surface area contributed by atoms with Crippen LogP contribution in [0.2, 0.25) is 5.02 Å². The molecule has 0 bridgehead atoms. The van der Waals surface area contributed by atoms with Crippen LogP contribution in [0.5, 0.6) is 0 Å². The molecule has 0 N–H and O–H groups in total. The van der Waals surface area contributed by atoms with Crippen molar-refractivity contribution in [3.63, 3.8) is 0 Å². The molecule has 2 aliphatic rings. The number of amides is 1. The van der Waals surface area contributed by atoms with Gasteiger partial charge in [-0.15, -0.1) is 0 Å². The standard InChI is InChI=1S/C20H18ClFN2O3S2/c1-12-2-5-14(21)9-16(12)24-17-10-29(26,27)11-18(17)28-20(24)23-19(25)8-13-3-6-15(22)7-4-13/h2-7,9,17-18H,8,10-11H2,1H3. The molecule has 2 aromatic rings. The summed E-state index contributed by atoms with van der Waals surface area (Å²) in [5.41, 5.74) is 2.33. The fourth-order valence-electron chi connectivity index (χ4n) is 3.61. The van der Waals surface area contributed by atoms with Gasteiger partial charge < -0.3 is 4.90 Å². The van der Waals surface area contributed by atoms with E-state index in [4.69, 9.17) is 11.6 Å². The third-order valence-electron chi connectivity index (χ3n) is 4.99. The van der Waals surface area contributed by atoms with E-state index < -0.39 is 9.84 Å². The van der Waals surface area contributed by atoms with E-state index in [1.807, 2.05) is 17.9 Å². The molecule has 9 heteroatoms. The minimum atomic E-state index is -3.14. The number of aliphatic imine (C=N–C) groups is 1. The highest BCUT2D eigenvalue weighted by Crippen LogP contribution is 2.42. The minimum absolute atomic E-state index is 0.0157. The van der Waals surface area contributed by atoms with E-state index in [2.05, 4.69) is 4.99 Å². The van der Waals surface area contributed by atoms with Crippen molar-refractivity contribution in [2.45, 2.75) is 24.6 Å². The van der Waals surface area contributed by atoms with Crippen molar-refractivity contribution < 1.29 is 17.6 Å². The summed E-state index contributed by atoms with van der Waals surface area (Å²) in [6.45, 7) is 1.91. The zero-order chi connectivity index (χ0) is 20.8. The lowest BCUT2D eigenvalue weighted by molar-refractivity contribution is -0.117. The summed E-state index contributed by atoms with van der Waals surface area (Å²) in [4.78, 5) is 18.7. The van der Waals surface area contributed by atoms with E-state index in [1.165, 1.54) is 23.9 Å². The van der Waals surface area contributed by atoms with E-state index in [-0.39, 0.29) is 40.9 Å². The number of hydrogen-bond donors (Lipinski definition) is 0. The Hall–Kier alpha value is -1.90. The number of thioether (sulfide) groups is 1. The van der Waals surface area contributed by atoms with E-state index >= 15 is 0 Å². The smallest absolute Gasteiger partial charge is 0.252 e. The first-order chi connectivity index (χ1) is 13.7. The van der Waals surface area contributed by atoms with Gasteiger partial charge in [0.25, 0.3) is 5.91 Å². The van der Waals surface area contributed by atoms with Gasteiger partial charge in [-0.3, -0.25) is 4.79 Å². The Morgan fingerprint density at radius 2 is 1.97 bits per heavy atom. The lowest BCUT2D eigenvalue weighted by Gasteiger charge is -2.26. The minimum Gasteiger partial charge on any atom is -0.315 e. The van der Waals surface area contributed by atoms with Crippen molar-refractivity contribution in [2.24, 2.45) is 4.99 Å². The zero-order valence-corrected chi connectivity index (χ0v) is 17.9. The first kappa shape index (κ1) is 20.4. The van der Waals surface area contributed by atoms with E-state index in [0.717, 1.165) is 11.3 Å². The molecule has 1 amide bonds. The molecule has 0 spiro atoms. The third kappa shape index (κ3) is 4.34. The van der Waals surface area contributed by atoms with E-state index in [1.54, 1.807) is 24.3 Å². The number of fused-ring (bicyclic) bond motifs is 1. The van der Waals surface area contributed by atoms with Crippen molar-refractivity contribution in [3.8, 4) is 0 Å². The Kier molecular flexibility index (Phi) is 5.44. The lowest BCUT2D eigenvalue weighted by atomic mass is 10.1. The molecule has 29 heavy (non-hydrogen) atoms. The first-order valence-corrected chi connectivity index (χ1v) is 12.1. The predicted molar refractivity (Wildman–Crippen MR) is 115 cm³/mol. The molecule has 0 radical (unpaired) electrons. The molecule has 2 atom stereocenters. The highest BCUT2D eigenvalue weighted by atomic mass is 35.5. The van der Waals surface area contributed by atoms with Crippen molar-refractivity contribution in [1.82, 2.24) is 0 Å². The van der Waals surface area contributed by atoms with Crippen molar-refractivity contribution in [3.05, 3.63) is 64.4 Å². The number of aryl methyl sites for hydroxylation is 1. The van der Waals surface area contributed by atoms with E-state index in [9.17, 15) is 17.6 Å². The van der Waals surface area contributed by atoms with Crippen LogP contribution < -0.4 is 4.90 Å². The van der Waals surface area contributed by atoms with Gasteiger partial charge >= 0.3 is 0 Å². The fraction of sp³-hybridized carbons (Fsp3) is 0.300. The highest BCUT2D eigenvalue weighted by molar-refractivity contribution is 8.16. The van der Waals surface area contributed by atoms with Gasteiger partial charge in [-0.2, -0.15) is 4.99 Å². The van der Waals surface area contributed by atoms with Gasteiger partial charge in [0.05, 0.1) is 24.0 Å². The number of hydrogen-bond acceptors (Lipinski definition) is 4. The van der Waals surface area contributed by atoms with E-state index in [0.29, 0.717) is 15.8 Å². The van der Waals surface area contributed by atoms with Crippen molar-refractivity contribution in [2.75, 3.05) is 16.4 Å². The Balaban J connectivity index is 1.67. The average molecular weight is 453 g/mol. The number of benzene rings is 2. The quantitative estimate of drug-likeness (QED) is 0.711. The van der Waals surface area contributed by atoms with Crippen LogP contribution in [-0.4, -0.2) is 42.3 Å². The van der Waals surface area contributed by atoms with Gasteiger partial charge in [-0.1, -0.05) is 41.6 Å². The van der Waals surface area contributed by atoms with Crippen LogP contribution in [0.15, 0.2) is 47.5 Å². The molecule has 2 saturated heterocycles. The van der Waals surface area contributed by atoms with Crippen LogP contribution in [-0.2, 0) is 21.1 Å². The van der Waals surface area contributed by atoms with Crippen molar-refractivity contribution in [1.29, 1.82) is 0 Å². The molecule has 2 aromatic carbocycles. The largest absolute Gasteiger partial charge is 0.315 e. The zero-order valence-electron chi connectivity index (χ0n) is 15.5. The summed E-state index contributed by atoms with van der Waals surface area (Å²) in [5, 5.41) is 0.819. The summed E-state index contributed by atoms with van der Waals surface area (Å²) < 4.78 is 37.4. The summed E-state index contributed by atoms with van der Waals surface area (Å²) in [6, 6.07) is 10.8. The van der Waals surface area contributed by atoms with Gasteiger partial charge in [-0.25, -0.2) is 12.8 Å². The molecule has 2 aliphatic heterocycles. The van der Waals surface area contributed by atoms with Crippen LogP contribution >= 0.6 is 23.4 Å². The third-order valence-corrected chi connectivity index (χ3v) is 8.43. The molecule has 2 heterocycles. The van der Waals surface area contributed by atoms with Crippen LogP contribution in [0, 0.1) is 12.7 Å². The van der Waals surface area contributed by atoms with Crippen LogP contribution in [0.4, 0.5) is 10.1 Å². The Labute approximate surface area is 177 Å². The maximum atomic E-state index is 13.1.